The largest absolute Gasteiger partial charge is 0.372 e. The molecule has 0 aromatic carbocycles. The number of hydrogen-bond acceptors (Lipinski definition) is 1. The first-order valence-electron chi connectivity index (χ1n) is 4.36. The highest BCUT2D eigenvalue weighted by atomic mass is 15.1. The van der Waals surface area contributed by atoms with Gasteiger partial charge in [-0.05, 0) is 6.42 Å². The van der Waals surface area contributed by atoms with Crippen LogP contribution in [0.15, 0.2) is 0 Å². The molecule has 0 bridgehead atoms. The van der Waals surface area contributed by atoms with E-state index in [1.165, 1.54) is 0 Å². The summed E-state index contributed by atoms with van der Waals surface area (Å²) < 4.78 is 0. The second-order valence-corrected chi connectivity index (χ2v) is 3.47. The van der Waals surface area contributed by atoms with E-state index in [1.807, 2.05) is 11.9 Å². The number of rotatable bonds is 4. The molecule has 0 aliphatic carbocycles. The van der Waals surface area contributed by atoms with Gasteiger partial charge in [-0.2, -0.15) is 0 Å². The van der Waals surface area contributed by atoms with E-state index < -0.39 is 0 Å². The Kier molecular flexibility index (Phi) is 5.00. The van der Waals surface area contributed by atoms with Crippen LogP contribution in [0.4, 0.5) is 0 Å². The van der Waals surface area contributed by atoms with Crippen LogP contribution in [0.5, 0.6) is 0 Å². The van der Waals surface area contributed by atoms with Crippen LogP contribution in [0.2, 0.25) is 5.82 Å². The maximum atomic E-state index is 7.65. The summed E-state index contributed by atoms with van der Waals surface area (Å²) in [5.74, 6) is 0.599. The highest BCUT2D eigenvalue weighted by Gasteiger charge is 2.06. The molecule has 0 heterocycles. The van der Waals surface area contributed by atoms with Gasteiger partial charge < -0.3 is 4.90 Å². The lowest BCUT2D eigenvalue weighted by molar-refractivity contribution is 0.505. The number of nitrogens with zero attached hydrogens (tertiary/aromatic N) is 1. The van der Waals surface area contributed by atoms with Crippen LogP contribution in [-0.4, -0.2) is 31.5 Å². The molecule has 0 saturated heterocycles. The van der Waals surface area contributed by atoms with Gasteiger partial charge in [0.15, 0.2) is 0 Å². The van der Waals surface area contributed by atoms with Gasteiger partial charge in [-0.3, -0.25) is 5.41 Å². The number of nitrogens with one attached hydrogen (secondary N) is 1. The van der Waals surface area contributed by atoms with E-state index in [4.69, 9.17) is 5.41 Å². The van der Waals surface area contributed by atoms with Gasteiger partial charge in [-0.25, -0.2) is 0 Å². The summed E-state index contributed by atoms with van der Waals surface area (Å²) in [6.07, 6.45) is 1.12. The molecular weight excluding hydrogens is 135 g/mol. The second kappa shape index (κ2) is 5.22. The predicted octanol–water partition coefficient (Wildman–Crippen LogP) is 1.53. The van der Waals surface area contributed by atoms with Gasteiger partial charge in [0.1, 0.15) is 0 Å². The Labute approximate surface area is 70.7 Å². The fraction of sp³-hybridized carbons (Fsp3) is 0.875. The van der Waals surface area contributed by atoms with Crippen molar-refractivity contribution in [2.75, 3.05) is 13.6 Å². The van der Waals surface area contributed by atoms with Gasteiger partial charge >= 0.3 is 0 Å². The molecule has 0 aliphatic heterocycles. The monoisotopic (exact) mass is 154 g/mol. The Morgan fingerprint density at radius 1 is 1.55 bits per heavy atom. The molecule has 0 unspecified atom stereocenters. The van der Waals surface area contributed by atoms with E-state index in [9.17, 15) is 0 Å². The van der Waals surface area contributed by atoms with E-state index >= 15 is 0 Å². The highest BCUT2D eigenvalue weighted by molar-refractivity contribution is 6.74. The smallest absolute Gasteiger partial charge is 0.205 e. The standard InChI is InChI=1S/C8H19BN2/c1-5-6-11(4)8(10)9-7(2)3/h7,9-10H,5-6H2,1-4H3. The molecule has 0 atom stereocenters. The molecule has 0 spiro atoms. The van der Waals surface area contributed by atoms with E-state index in [2.05, 4.69) is 20.8 Å². The third-order valence-electron chi connectivity index (χ3n) is 1.62. The minimum Gasteiger partial charge on any atom is -0.372 e. The maximum Gasteiger partial charge on any atom is 0.205 e. The fourth-order valence-electron chi connectivity index (χ4n) is 1.01. The molecule has 0 fully saturated rings. The first-order valence-corrected chi connectivity index (χ1v) is 4.36. The molecule has 3 heteroatoms. The SMILES string of the molecule is CCCN(C)C(=N)BC(C)C. The van der Waals surface area contributed by atoms with Gasteiger partial charge in [-0.15, -0.1) is 0 Å². The second-order valence-electron chi connectivity index (χ2n) is 3.47. The number of hydrogen-bond donors (Lipinski definition) is 1. The fourth-order valence-corrected chi connectivity index (χ4v) is 1.01. The van der Waals surface area contributed by atoms with E-state index in [1.54, 1.807) is 0 Å². The van der Waals surface area contributed by atoms with E-state index in [-0.39, 0.29) is 0 Å². The van der Waals surface area contributed by atoms with Crippen molar-refractivity contribution in [1.82, 2.24) is 4.90 Å². The summed E-state index contributed by atoms with van der Waals surface area (Å²) in [5.41, 5.74) is 0.766. The Morgan fingerprint density at radius 2 is 2.09 bits per heavy atom. The van der Waals surface area contributed by atoms with Crippen LogP contribution < -0.4 is 0 Å². The van der Waals surface area contributed by atoms with Gasteiger partial charge in [0, 0.05) is 19.3 Å². The summed E-state index contributed by atoms with van der Waals surface area (Å²) in [4.78, 5) is 2.03. The maximum absolute atomic E-state index is 7.65. The summed E-state index contributed by atoms with van der Waals surface area (Å²) in [6, 6.07) is 0. The molecule has 0 amide bonds. The normalized spacial score (nSPS) is 9.91. The van der Waals surface area contributed by atoms with E-state index in [0.717, 1.165) is 26.0 Å². The van der Waals surface area contributed by atoms with Crippen molar-refractivity contribution < 1.29 is 0 Å². The molecule has 2 nitrogen and oxygen atoms in total. The number of amidine groups is 1. The average molecular weight is 154 g/mol. The summed E-state index contributed by atoms with van der Waals surface area (Å²) in [7, 11) is 2.89. The van der Waals surface area contributed by atoms with Crippen molar-refractivity contribution in [2.24, 2.45) is 0 Å². The molecule has 0 radical (unpaired) electrons. The van der Waals surface area contributed by atoms with Crippen molar-refractivity contribution in [1.29, 1.82) is 5.41 Å². The van der Waals surface area contributed by atoms with E-state index in [0.29, 0.717) is 5.82 Å². The molecule has 11 heavy (non-hydrogen) atoms. The minimum atomic E-state index is 0.599. The predicted molar refractivity (Wildman–Crippen MR) is 52.9 cm³/mol. The Hall–Kier alpha value is -0.465. The Bertz CT molecular complexity index is 123. The summed E-state index contributed by atoms with van der Waals surface area (Å²) >= 11 is 0. The lowest BCUT2D eigenvalue weighted by atomic mass is 9.65. The van der Waals surface area contributed by atoms with Crippen molar-refractivity contribution in [3.05, 3.63) is 0 Å². The van der Waals surface area contributed by atoms with Gasteiger partial charge in [0.2, 0.25) is 7.28 Å². The first-order chi connectivity index (χ1) is 5.07. The molecule has 0 rings (SSSR count). The van der Waals surface area contributed by atoms with Crippen LogP contribution in [0.25, 0.3) is 0 Å². The third kappa shape index (κ3) is 4.88. The van der Waals surface area contributed by atoms with Crippen LogP contribution in [0.3, 0.4) is 0 Å². The van der Waals surface area contributed by atoms with Gasteiger partial charge in [0.05, 0.1) is 0 Å². The molecule has 64 valence electrons. The summed E-state index contributed by atoms with van der Waals surface area (Å²) in [6.45, 7) is 7.44. The molecule has 1 N–H and O–H groups in total. The van der Waals surface area contributed by atoms with Crippen LogP contribution in [0.1, 0.15) is 27.2 Å². The van der Waals surface area contributed by atoms with Crippen molar-refractivity contribution in [2.45, 2.75) is 33.0 Å². The molecule has 0 aromatic heterocycles. The highest BCUT2D eigenvalue weighted by Crippen LogP contribution is 1.99. The lowest BCUT2D eigenvalue weighted by Crippen LogP contribution is -2.32. The van der Waals surface area contributed by atoms with Crippen molar-refractivity contribution in [3.8, 4) is 0 Å². The van der Waals surface area contributed by atoms with Crippen molar-refractivity contribution >= 4 is 13.0 Å². The van der Waals surface area contributed by atoms with Crippen molar-refractivity contribution in [3.63, 3.8) is 0 Å². The molecular formula is C8H19BN2. The molecule has 0 aromatic rings. The Balaban J connectivity index is 3.64. The third-order valence-corrected chi connectivity index (χ3v) is 1.62. The molecule has 0 saturated carbocycles. The topological polar surface area (TPSA) is 27.1 Å². The zero-order valence-electron chi connectivity index (χ0n) is 8.15. The van der Waals surface area contributed by atoms with Crippen LogP contribution in [-0.2, 0) is 0 Å². The molecule has 0 aliphatic rings. The van der Waals surface area contributed by atoms with Crippen LogP contribution in [0, 0.1) is 5.41 Å². The Morgan fingerprint density at radius 3 is 2.45 bits per heavy atom. The zero-order chi connectivity index (χ0) is 8.85. The van der Waals surface area contributed by atoms with Gasteiger partial charge in [0.25, 0.3) is 0 Å². The van der Waals surface area contributed by atoms with Gasteiger partial charge in [-0.1, -0.05) is 26.6 Å². The lowest BCUT2D eigenvalue weighted by Gasteiger charge is -2.19. The minimum absolute atomic E-state index is 0.599. The van der Waals surface area contributed by atoms with Crippen LogP contribution >= 0.6 is 0 Å². The quantitative estimate of drug-likeness (QED) is 0.371. The first kappa shape index (κ1) is 10.5. The average Bonchev–Trinajstić information content (AvgIpc) is 1.86. The summed E-state index contributed by atoms with van der Waals surface area (Å²) in [5, 5.41) is 7.65. The zero-order valence-corrected chi connectivity index (χ0v) is 8.15.